The third-order valence-corrected chi connectivity index (χ3v) is 4.53. The Kier molecular flexibility index (Phi) is 5.25. The molecule has 1 fully saturated rings. The Balaban J connectivity index is 1.70. The topological polar surface area (TPSA) is 82.5 Å². The molecule has 3 rings (SSSR count). The van der Waals surface area contributed by atoms with E-state index in [4.69, 9.17) is 9.47 Å². The molecule has 0 bridgehead atoms. The van der Waals surface area contributed by atoms with Crippen LogP contribution >= 0.6 is 0 Å². The van der Waals surface area contributed by atoms with Gasteiger partial charge in [0.2, 0.25) is 5.91 Å². The summed E-state index contributed by atoms with van der Waals surface area (Å²) in [6.07, 6.45) is 2.17. The summed E-state index contributed by atoms with van der Waals surface area (Å²) in [7, 11) is 3.15. The normalized spacial score (nSPS) is 14.6. The van der Waals surface area contributed by atoms with Gasteiger partial charge >= 0.3 is 0 Å². The molecule has 138 valence electrons. The average Bonchev–Trinajstić information content (AvgIpc) is 3.51. The van der Waals surface area contributed by atoms with Gasteiger partial charge in [-0.05, 0) is 38.0 Å². The number of hydrogen-bond acceptors (Lipinski definition) is 5. The number of carbonyl (C=O) groups is 1. The van der Waals surface area contributed by atoms with E-state index < -0.39 is 6.04 Å². The van der Waals surface area contributed by atoms with Crippen molar-refractivity contribution in [2.75, 3.05) is 14.2 Å². The van der Waals surface area contributed by atoms with Gasteiger partial charge in [0.25, 0.3) is 5.56 Å². The van der Waals surface area contributed by atoms with Crippen LogP contribution in [0.1, 0.15) is 43.0 Å². The summed E-state index contributed by atoms with van der Waals surface area (Å²) in [6, 6.07) is 7.95. The Labute approximate surface area is 151 Å². The molecule has 1 heterocycles. The lowest BCUT2D eigenvalue weighted by atomic mass is 10.2. The van der Waals surface area contributed by atoms with Crippen molar-refractivity contribution in [3.05, 3.63) is 51.9 Å². The van der Waals surface area contributed by atoms with Crippen LogP contribution in [0, 0.1) is 0 Å². The minimum absolute atomic E-state index is 0.273. The summed E-state index contributed by atoms with van der Waals surface area (Å²) < 4.78 is 11.8. The zero-order chi connectivity index (χ0) is 18.7. The van der Waals surface area contributed by atoms with Crippen LogP contribution in [0.3, 0.4) is 0 Å². The smallest absolute Gasteiger partial charge is 0.267 e. The highest BCUT2D eigenvalue weighted by atomic mass is 16.5. The van der Waals surface area contributed by atoms with Gasteiger partial charge in [-0.25, -0.2) is 4.68 Å². The van der Waals surface area contributed by atoms with E-state index in [-0.39, 0.29) is 18.0 Å². The Bertz CT molecular complexity index is 858. The molecule has 1 N–H and O–H groups in total. The lowest BCUT2D eigenvalue weighted by Crippen LogP contribution is -2.37. The number of methoxy groups -OCH3 is 2. The van der Waals surface area contributed by atoms with E-state index in [0.717, 1.165) is 24.1 Å². The molecule has 1 unspecified atom stereocenters. The molecule has 1 atom stereocenters. The lowest BCUT2D eigenvalue weighted by molar-refractivity contribution is -0.124. The lowest BCUT2D eigenvalue weighted by Gasteiger charge is -2.16. The van der Waals surface area contributed by atoms with E-state index in [1.165, 1.54) is 10.7 Å². The maximum Gasteiger partial charge on any atom is 0.267 e. The molecule has 1 saturated carbocycles. The van der Waals surface area contributed by atoms with Crippen LogP contribution in [0.25, 0.3) is 0 Å². The first-order valence-corrected chi connectivity index (χ1v) is 8.62. The Morgan fingerprint density at radius 1 is 1.27 bits per heavy atom. The van der Waals surface area contributed by atoms with Crippen LogP contribution in [-0.2, 0) is 11.3 Å². The second kappa shape index (κ2) is 7.59. The number of amides is 1. The molecule has 7 heteroatoms. The molecular formula is C19H23N3O4. The first kappa shape index (κ1) is 18.0. The first-order valence-electron chi connectivity index (χ1n) is 8.62. The van der Waals surface area contributed by atoms with Crippen molar-refractivity contribution in [2.24, 2.45) is 0 Å². The molecule has 7 nitrogen and oxygen atoms in total. The van der Waals surface area contributed by atoms with Crippen LogP contribution < -0.4 is 20.3 Å². The standard InChI is InChI=1S/C19H23N3O4/c1-12(22-18(23)9-8-16(21-22)13-4-5-13)19(24)20-11-14-6-7-15(25-2)10-17(14)26-3/h6-10,12-13H,4-5,11H2,1-3H3,(H,20,24). The summed E-state index contributed by atoms with van der Waals surface area (Å²) in [5, 5.41) is 7.21. The van der Waals surface area contributed by atoms with Crippen LogP contribution in [-0.4, -0.2) is 29.9 Å². The van der Waals surface area contributed by atoms with Gasteiger partial charge in [-0.15, -0.1) is 0 Å². The summed E-state index contributed by atoms with van der Waals surface area (Å²) in [5.41, 5.74) is 1.42. The van der Waals surface area contributed by atoms with E-state index in [2.05, 4.69) is 10.4 Å². The number of benzene rings is 1. The minimum atomic E-state index is -0.689. The number of nitrogens with one attached hydrogen (secondary N) is 1. The van der Waals surface area contributed by atoms with Crippen LogP contribution in [0.4, 0.5) is 0 Å². The highest BCUT2D eigenvalue weighted by Crippen LogP contribution is 2.38. The molecule has 1 aliphatic rings. The van der Waals surface area contributed by atoms with Crippen LogP contribution in [0.2, 0.25) is 0 Å². The Hall–Kier alpha value is -2.83. The SMILES string of the molecule is COc1ccc(CNC(=O)C(C)n2nc(C3CC3)ccc2=O)c(OC)c1. The third kappa shape index (κ3) is 3.87. The monoisotopic (exact) mass is 357 g/mol. The van der Waals surface area contributed by atoms with Gasteiger partial charge in [0.05, 0.1) is 19.9 Å². The predicted octanol–water partition coefficient (Wildman–Crippen LogP) is 2.02. The van der Waals surface area contributed by atoms with Gasteiger partial charge in [0, 0.05) is 30.2 Å². The summed E-state index contributed by atoms with van der Waals surface area (Å²) in [5.74, 6) is 1.45. The van der Waals surface area contributed by atoms with Gasteiger partial charge in [0.15, 0.2) is 0 Å². The average molecular weight is 357 g/mol. The quantitative estimate of drug-likeness (QED) is 0.820. The van der Waals surface area contributed by atoms with Gasteiger partial charge < -0.3 is 14.8 Å². The molecule has 0 aliphatic heterocycles. The fraction of sp³-hybridized carbons (Fsp3) is 0.421. The highest BCUT2D eigenvalue weighted by Gasteiger charge is 2.27. The van der Waals surface area contributed by atoms with E-state index in [0.29, 0.717) is 17.4 Å². The minimum Gasteiger partial charge on any atom is -0.497 e. The van der Waals surface area contributed by atoms with Gasteiger partial charge in [-0.2, -0.15) is 5.10 Å². The molecule has 0 saturated heterocycles. The van der Waals surface area contributed by atoms with Crippen molar-refractivity contribution < 1.29 is 14.3 Å². The van der Waals surface area contributed by atoms with E-state index in [1.807, 2.05) is 6.07 Å². The molecule has 0 radical (unpaired) electrons. The second-order valence-electron chi connectivity index (χ2n) is 6.39. The largest absolute Gasteiger partial charge is 0.497 e. The molecule has 2 aromatic rings. The van der Waals surface area contributed by atoms with Gasteiger partial charge in [-0.3, -0.25) is 9.59 Å². The van der Waals surface area contributed by atoms with Crippen LogP contribution in [0.5, 0.6) is 11.5 Å². The van der Waals surface area contributed by atoms with E-state index in [1.54, 1.807) is 39.3 Å². The van der Waals surface area contributed by atoms with Crippen molar-refractivity contribution in [1.29, 1.82) is 0 Å². The highest BCUT2D eigenvalue weighted by molar-refractivity contribution is 5.79. The zero-order valence-corrected chi connectivity index (χ0v) is 15.2. The zero-order valence-electron chi connectivity index (χ0n) is 15.2. The molecule has 1 aromatic heterocycles. The number of carbonyl (C=O) groups excluding carboxylic acids is 1. The number of rotatable bonds is 7. The van der Waals surface area contributed by atoms with Gasteiger partial charge in [0.1, 0.15) is 17.5 Å². The molecule has 1 aliphatic carbocycles. The van der Waals surface area contributed by atoms with Crippen molar-refractivity contribution in [2.45, 2.75) is 38.3 Å². The van der Waals surface area contributed by atoms with Crippen molar-refractivity contribution >= 4 is 5.91 Å². The summed E-state index contributed by atoms with van der Waals surface area (Å²) >= 11 is 0. The maximum atomic E-state index is 12.5. The van der Waals surface area contributed by atoms with Crippen molar-refractivity contribution in [3.63, 3.8) is 0 Å². The Morgan fingerprint density at radius 2 is 2.04 bits per heavy atom. The van der Waals surface area contributed by atoms with Gasteiger partial charge in [-0.1, -0.05) is 0 Å². The molecule has 26 heavy (non-hydrogen) atoms. The maximum absolute atomic E-state index is 12.5. The predicted molar refractivity (Wildman–Crippen MR) is 96.6 cm³/mol. The molecule has 1 aromatic carbocycles. The number of aromatic nitrogens is 2. The number of hydrogen-bond donors (Lipinski definition) is 1. The molecular weight excluding hydrogens is 334 g/mol. The second-order valence-corrected chi connectivity index (χ2v) is 6.39. The first-order chi connectivity index (χ1) is 12.5. The van der Waals surface area contributed by atoms with Crippen molar-refractivity contribution in [1.82, 2.24) is 15.1 Å². The number of ether oxygens (including phenoxy) is 2. The molecule has 0 spiro atoms. The van der Waals surface area contributed by atoms with E-state index in [9.17, 15) is 9.59 Å². The number of nitrogens with zero attached hydrogens (tertiary/aromatic N) is 2. The summed E-state index contributed by atoms with van der Waals surface area (Å²) in [4.78, 5) is 24.6. The van der Waals surface area contributed by atoms with Crippen molar-refractivity contribution in [3.8, 4) is 11.5 Å². The fourth-order valence-electron chi connectivity index (χ4n) is 2.75. The Morgan fingerprint density at radius 3 is 2.69 bits per heavy atom. The van der Waals surface area contributed by atoms with E-state index >= 15 is 0 Å². The summed E-state index contributed by atoms with van der Waals surface area (Å²) in [6.45, 7) is 1.96. The van der Waals surface area contributed by atoms with Crippen LogP contribution in [0.15, 0.2) is 35.1 Å². The fourth-order valence-corrected chi connectivity index (χ4v) is 2.75. The molecule has 1 amide bonds. The third-order valence-electron chi connectivity index (χ3n) is 4.53.